The van der Waals surface area contributed by atoms with E-state index in [0.717, 1.165) is 116 Å². The molecule has 0 radical (unpaired) electrons. The Morgan fingerprint density at radius 1 is 0.392 bits per heavy atom. The molecule has 11 nitrogen and oxygen atoms in total. The van der Waals surface area contributed by atoms with Crippen LogP contribution in [0.1, 0.15) is 265 Å². The summed E-state index contributed by atoms with van der Waals surface area (Å²) in [5, 5.41) is 9.83. The quantitative estimate of drug-likeness (QED) is 0.0197. The Hall–Kier alpha value is -3.08. The molecule has 3 atom stereocenters. The van der Waals surface area contributed by atoms with Crippen molar-refractivity contribution in [3.05, 3.63) is 72.9 Å². The van der Waals surface area contributed by atoms with Crippen LogP contribution in [0.5, 0.6) is 0 Å². The first-order valence-corrected chi connectivity index (χ1v) is 31.3. The van der Waals surface area contributed by atoms with Gasteiger partial charge in [0.05, 0.1) is 19.8 Å². The third-order valence-corrected chi connectivity index (χ3v) is 13.6. The monoisotopic (exact) mass is 1060 g/mol. The summed E-state index contributed by atoms with van der Waals surface area (Å²) >= 11 is 0. The van der Waals surface area contributed by atoms with Crippen LogP contribution in [0.3, 0.4) is 0 Å². The molecule has 0 amide bonds. The maximum absolute atomic E-state index is 12.9. The van der Waals surface area contributed by atoms with Crippen LogP contribution in [0.15, 0.2) is 72.9 Å². The van der Waals surface area contributed by atoms with Gasteiger partial charge in [0.2, 0.25) is 0 Å². The van der Waals surface area contributed by atoms with Crippen molar-refractivity contribution >= 4 is 25.7 Å². The number of aliphatic hydroxyl groups is 1. The van der Waals surface area contributed by atoms with E-state index in [-0.39, 0.29) is 25.9 Å². The van der Waals surface area contributed by atoms with E-state index in [0.29, 0.717) is 19.3 Å². The lowest BCUT2D eigenvalue weighted by molar-refractivity contribution is -0.161. The molecule has 2 N–H and O–H groups in total. The van der Waals surface area contributed by atoms with Gasteiger partial charge in [0.25, 0.3) is 0 Å². The third kappa shape index (κ3) is 53.7. The Bertz CT molecular complexity index is 1520. The summed E-state index contributed by atoms with van der Waals surface area (Å²) in [5.74, 6) is -1.48. The Labute approximate surface area is 452 Å². The van der Waals surface area contributed by atoms with E-state index in [9.17, 15) is 28.9 Å². The average molecular weight is 1060 g/mol. The molecular weight excluding hydrogens is 952 g/mol. The molecule has 0 aromatic carbocycles. The number of phosphoric acid groups is 1. The van der Waals surface area contributed by atoms with Gasteiger partial charge in [-0.1, -0.05) is 229 Å². The van der Waals surface area contributed by atoms with Crippen LogP contribution in [0.4, 0.5) is 0 Å². The second kappa shape index (κ2) is 56.1. The van der Waals surface area contributed by atoms with Gasteiger partial charge >= 0.3 is 25.7 Å². The van der Waals surface area contributed by atoms with Crippen molar-refractivity contribution in [2.45, 2.75) is 277 Å². The molecule has 0 rings (SSSR count). The second-order valence-corrected chi connectivity index (χ2v) is 21.2. The summed E-state index contributed by atoms with van der Waals surface area (Å²) < 4.78 is 39.5. The Morgan fingerprint density at radius 2 is 0.703 bits per heavy atom. The predicted octanol–water partition coefficient (Wildman–Crippen LogP) is 17.7. The molecule has 0 bridgehead atoms. The lowest BCUT2D eigenvalue weighted by Crippen LogP contribution is -2.30. The molecule has 12 heteroatoms. The van der Waals surface area contributed by atoms with Crippen molar-refractivity contribution < 1.29 is 52.2 Å². The number of unbranched alkanes of at least 4 members (excludes halogenated alkanes) is 26. The van der Waals surface area contributed by atoms with Gasteiger partial charge in [-0.2, -0.15) is 0 Å². The molecule has 0 aromatic heterocycles. The third-order valence-electron chi connectivity index (χ3n) is 12.6. The van der Waals surface area contributed by atoms with Crippen molar-refractivity contribution in [3.63, 3.8) is 0 Å². The fourth-order valence-corrected chi connectivity index (χ4v) is 8.87. The van der Waals surface area contributed by atoms with E-state index >= 15 is 0 Å². The van der Waals surface area contributed by atoms with Crippen molar-refractivity contribution in [2.75, 3.05) is 26.4 Å². The van der Waals surface area contributed by atoms with Gasteiger partial charge in [-0.3, -0.25) is 23.4 Å². The predicted molar refractivity (Wildman–Crippen MR) is 307 cm³/mol. The smallest absolute Gasteiger partial charge is 0.462 e. The van der Waals surface area contributed by atoms with E-state index in [1.54, 1.807) is 0 Å². The van der Waals surface area contributed by atoms with Crippen molar-refractivity contribution in [1.29, 1.82) is 0 Å². The summed E-state index contributed by atoms with van der Waals surface area (Å²) in [6, 6.07) is 0. The van der Waals surface area contributed by atoms with Crippen LogP contribution in [0.2, 0.25) is 0 Å². The number of carbonyl (C=O) groups excluding carboxylic acids is 3. The highest BCUT2D eigenvalue weighted by molar-refractivity contribution is 7.47. The van der Waals surface area contributed by atoms with Gasteiger partial charge in [-0.15, -0.1) is 0 Å². The van der Waals surface area contributed by atoms with Crippen molar-refractivity contribution in [3.8, 4) is 0 Å². The highest BCUT2D eigenvalue weighted by Crippen LogP contribution is 2.43. The standard InChI is InChI=1S/C62H109O11P/c1-4-7-10-13-16-19-21-23-25-27-29-31-33-35-37-40-43-46-49-52-61(65)72-58(54-63)56-70-74(67,68)71-57-59(55-69-60(64)51-48-45-42-39-18-15-12-9-6-3)73-62(66)53-50-47-44-41-38-36-34-32-30-28-26-24-22-20-17-14-11-8-5-2/h8,11,16-17,19-20,23-26,30,32,58-59,63H,4-7,9-10,12-15,18,21-22,27-29,31,33-57H2,1-3H3,(H,67,68)/b11-8-,19-16-,20-17-,25-23-,26-24-,32-30-. The van der Waals surface area contributed by atoms with Gasteiger partial charge in [-0.05, 0) is 89.9 Å². The van der Waals surface area contributed by atoms with E-state index in [2.05, 4.69) is 93.7 Å². The molecule has 0 aromatic rings. The first-order chi connectivity index (χ1) is 36.2. The Kier molecular flexibility index (Phi) is 53.8. The molecule has 0 spiro atoms. The fraction of sp³-hybridized carbons (Fsp3) is 0.758. The van der Waals surface area contributed by atoms with E-state index in [4.69, 9.17) is 23.3 Å². The van der Waals surface area contributed by atoms with Crippen LogP contribution in [0.25, 0.3) is 0 Å². The maximum Gasteiger partial charge on any atom is 0.472 e. The molecule has 0 saturated heterocycles. The zero-order valence-corrected chi connectivity index (χ0v) is 48.2. The van der Waals surface area contributed by atoms with Gasteiger partial charge in [-0.25, -0.2) is 4.57 Å². The molecule has 0 aliphatic carbocycles. The molecule has 428 valence electrons. The number of hydrogen-bond acceptors (Lipinski definition) is 10. The van der Waals surface area contributed by atoms with Crippen LogP contribution in [0, 0.1) is 0 Å². The minimum Gasteiger partial charge on any atom is -0.462 e. The number of carbonyl (C=O) groups is 3. The molecule has 0 fully saturated rings. The zero-order valence-electron chi connectivity index (χ0n) is 47.3. The number of aliphatic hydroxyl groups excluding tert-OH is 1. The van der Waals surface area contributed by atoms with Gasteiger partial charge < -0.3 is 24.2 Å². The zero-order chi connectivity index (χ0) is 54.1. The van der Waals surface area contributed by atoms with Gasteiger partial charge in [0.1, 0.15) is 12.7 Å². The topological polar surface area (TPSA) is 155 Å². The molecule has 74 heavy (non-hydrogen) atoms. The van der Waals surface area contributed by atoms with Crippen LogP contribution < -0.4 is 0 Å². The first kappa shape index (κ1) is 70.9. The number of esters is 3. The number of rotatable bonds is 55. The van der Waals surface area contributed by atoms with Gasteiger partial charge in [0, 0.05) is 19.3 Å². The highest BCUT2D eigenvalue weighted by atomic mass is 31.2. The van der Waals surface area contributed by atoms with Crippen LogP contribution in [-0.4, -0.2) is 66.5 Å². The lowest BCUT2D eigenvalue weighted by atomic mass is 10.1. The molecule has 0 saturated carbocycles. The largest absolute Gasteiger partial charge is 0.472 e. The summed E-state index contributed by atoms with van der Waals surface area (Å²) in [6.07, 6.45) is 62.9. The molecule has 0 heterocycles. The second-order valence-electron chi connectivity index (χ2n) is 19.8. The molecular formula is C62H109O11P. The average Bonchev–Trinajstić information content (AvgIpc) is 3.39. The summed E-state index contributed by atoms with van der Waals surface area (Å²) in [4.78, 5) is 48.5. The number of ether oxygens (including phenoxy) is 3. The van der Waals surface area contributed by atoms with Gasteiger partial charge in [0.15, 0.2) is 6.10 Å². The van der Waals surface area contributed by atoms with E-state index < -0.39 is 57.8 Å². The van der Waals surface area contributed by atoms with E-state index in [1.807, 2.05) is 0 Å². The lowest BCUT2D eigenvalue weighted by Gasteiger charge is -2.21. The number of allylic oxidation sites excluding steroid dienone is 12. The molecule has 0 aliphatic heterocycles. The maximum atomic E-state index is 12.9. The fourth-order valence-electron chi connectivity index (χ4n) is 8.08. The first-order valence-electron chi connectivity index (χ1n) is 29.8. The summed E-state index contributed by atoms with van der Waals surface area (Å²) in [7, 11) is -4.75. The van der Waals surface area contributed by atoms with Crippen molar-refractivity contribution in [1.82, 2.24) is 0 Å². The van der Waals surface area contributed by atoms with E-state index in [1.165, 1.54) is 89.9 Å². The normalized spacial score (nSPS) is 13.9. The minimum atomic E-state index is -4.75. The van der Waals surface area contributed by atoms with Crippen LogP contribution in [-0.2, 0) is 42.2 Å². The summed E-state index contributed by atoms with van der Waals surface area (Å²) in [6.45, 7) is 4.48. The molecule has 0 aliphatic rings. The Balaban J connectivity index is 4.61. The SMILES string of the molecule is CC/C=C\C/C=C\C/C=C\C/C=C\CCCCCCCCC(=O)OC(COC(=O)CCCCCCCCCCC)COP(=O)(O)OCC(CO)OC(=O)CCCCCCCCCCC/C=C\C/C=C\CCCCC. The van der Waals surface area contributed by atoms with Crippen LogP contribution >= 0.6 is 7.82 Å². The van der Waals surface area contributed by atoms with Crippen molar-refractivity contribution in [2.24, 2.45) is 0 Å². The number of hydrogen-bond donors (Lipinski definition) is 2. The highest BCUT2D eigenvalue weighted by Gasteiger charge is 2.28. The summed E-state index contributed by atoms with van der Waals surface area (Å²) in [5.41, 5.74) is 0. The number of phosphoric ester groups is 1. The molecule has 3 unspecified atom stereocenters. The minimum absolute atomic E-state index is 0.151. The Morgan fingerprint density at radius 3 is 1.11 bits per heavy atom.